The van der Waals surface area contributed by atoms with Crippen LogP contribution in [-0.2, 0) is 9.53 Å². The second-order valence-electron chi connectivity index (χ2n) is 7.75. The van der Waals surface area contributed by atoms with Gasteiger partial charge >= 0.3 is 5.97 Å². The predicted molar refractivity (Wildman–Crippen MR) is 128 cm³/mol. The molecule has 0 aliphatic carbocycles. The van der Waals surface area contributed by atoms with Crippen LogP contribution in [0.4, 0.5) is 9.52 Å². The summed E-state index contributed by atoms with van der Waals surface area (Å²) in [6.07, 6.45) is 0. The molecule has 1 fully saturated rings. The second-order valence-corrected chi connectivity index (χ2v) is 8.72. The summed E-state index contributed by atoms with van der Waals surface area (Å²) >= 11 is 1.49. The average molecular weight is 461 g/mol. The van der Waals surface area contributed by atoms with Crippen molar-refractivity contribution in [2.24, 2.45) is 0 Å². The van der Waals surface area contributed by atoms with Gasteiger partial charge in [0.1, 0.15) is 5.82 Å². The summed E-state index contributed by atoms with van der Waals surface area (Å²) in [6.45, 7) is 1.07. The molecule has 1 N–H and O–H groups in total. The summed E-state index contributed by atoms with van der Waals surface area (Å²) in [5.41, 5.74) is 4.68. The first-order valence-corrected chi connectivity index (χ1v) is 11.4. The molecule has 3 aromatic carbocycles. The predicted octanol–water partition coefficient (Wildman–Crippen LogP) is 5.57. The Balaban J connectivity index is 1.56. The molecule has 1 atom stereocenters. The van der Waals surface area contributed by atoms with Crippen LogP contribution in [0.5, 0.6) is 0 Å². The maximum Gasteiger partial charge on any atom is 0.328 e. The lowest BCUT2D eigenvalue weighted by Crippen LogP contribution is -2.50. The summed E-state index contributed by atoms with van der Waals surface area (Å²) in [5.74, 6) is -1.18. The Labute approximate surface area is 194 Å². The van der Waals surface area contributed by atoms with E-state index in [1.807, 2.05) is 59.5 Å². The van der Waals surface area contributed by atoms with Crippen LogP contribution in [0.1, 0.15) is 0 Å². The molecular weight excluding hydrogens is 439 g/mol. The first-order valence-electron chi connectivity index (χ1n) is 10.6. The third-order valence-corrected chi connectivity index (χ3v) is 6.79. The lowest BCUT2D eigenvalue weighted by atomic mass is 10.0. The first-order chi connectivity index (χ1) is 16.1. The summed E-state index contributed by atoms with van der Waals surface area (Å²) in [4.78, 5) is 19.5. The van der Waals surface area contributed by atoms with E-state index in [9.17, 15) is 14.3 Å². The van der Waals surface area contributed by atoms with Crippen molar-refractivity contribution in [1.29, 1.82) is 0 Å². The van der Waals surface area contributed by atoms with Gasteiger partial charge in [0.05, 0.1) is 23.8 Å². The number of anilines is 1. The number of morpholine rings is 1. The molecule has 33 heavy (non-hydrogen) atoms. The normalized spacial score (nSPS) is 16.0. The highest BCUT2D eigenvalue weighted by Crippen LogP contribution is 2.41. The smallest absolute Gasteiger partial charge is 0.328 e. The van der Waals surface area contributed by atoms with Crippen LogP contribution in [0.25, 0.3) is 32.8 Å². The molecule has 5 rings (SSSR count). The Morgan fingerprint density at radius 1 is 0.939 bits per heavy atom. The quantitative estimate of drug-likeness (QED) is 0.422. The van der Waals surface area contributed by atoms with Crippen LogP contribution in [-0.4, -0.2) is 41.9 Å². The maximum atomic E-state index is 13.3. The monoisotopic (exact) mass is 460 g/mol. The Kier molecular flexibility index (Phi) is 5.90. The van der Waals surface area contributed by atoms with Gasteiger partial charge in [-0.05, 0) is 28.8 Å². The Bertz CT molecular complexity index is 1260. The Morgan fingerprint density at radius 3 is 2.24 bits per heavy atom. The highest BCUT2D eigenvalue weighted by molar-refractivity contribution is 7.19. The van der Waals surface area contributed by atoms with Gasteiger partial charge < -0.3 is 14.7 Å². The lowest BCUT2D eigenvalue weighted by Gasteiger charge is -2.32. The maximum absolute atomic E-state index is 13.3. The van der Waals surface area contributed by atoms with E-state index in [1.165, 1.54) is 23.5 Å². The number of hydrogen-bond acceptors (Lipinski definition) is 5. The summed E-state index contributed by atoms with van der Waals surface area (Å²) in [5, 5.41) is 10.3. The standard InChI is InChI=1S/C26H21FN2O3S/c27-21-12-10-18(11-13-21)17-6-8-19(9-7-17)23-24(20-4-2-1-3-5-20)33-26(28-23)29-14-15-32-16-22(29)25(30)31/h1-13,22H,14-16H2,(H,30,31). The molecule has 1 aliphatic rings. The number of benzene rings is 3. The van der Waals surface area contributed by atoms with Crippen molar-refractivity contribution >= 4 is 22.4 Å². The number of ether oxygens (including phenoxy) is 1. The van der Waals surface area contributed by atoms with Crippen molar-refractivity contribution < 1.29 is 19.0 Å². The van der Waals surface area contributed by atoms with E-state index in [4.69, 9.17) is 9.72 Å². The molecule has 7 heteroatoms. The third kappa shape index (κ3) is 4.37. The SMILES string of the molecule is O=C(O)C1COCCN1c1nc(-c2ccc(-c3ccc(F)cc3)cc2)c(-c2ccccc2)s1. The Hall–Kier alpha value is -3.55. The zero-order valence-electron chi connectivity index (χ0n) is 17.6. The highest BCUT2D eigenvalue weighted by atomic mass is 32.1. The number of aliphatic carboxylic acids is 1. The fraction of sp³-hybridized carbons (Fsp3) is 0.154. The van der Waals surface area contributed by atoms with Gasteiger partial charge in [0.25, 0.3) is 0 Å². The molecule has 0 saturated carbocycles. The largest absolute Gasteiger partial charge is 0.480 e. The second kappa shape index (κ2) is 9.13. The van der Waals surface area contributed by atoms with Crippen molar-refractivity contribution in [1.82, 2.24) is 4.98 Å². The number of thiazole rings is 1. The van der Waals surface area contributed by atoms with E-state index in [0.717, 1.165) is 32.8 Å². The first kappa shape index (κ1) is 21.3. The molecule has 166 valence electrons. The minimum absolute atomic E-state index is 0.136. The van der Waals surface area contributed by atoms with Gasteiger partial charge in [-0.2, -0.15) is 0 Å². The molecule has 2 heterocycles. The zero-order chi connectivity index (χ0) is 22.8. The van der Waals surface area contributed by atoms with E-state index in [-0.39, 0.29) is 12.4 Å². The number of nitrogens with zero attached hydrogens (tertiary/aromatic N) is 2. The molecule has 1 aromatic heterocycles. The average Bonchev–Trinajstić information content (AvgIpc) is 3.31. The van der Waals surface area contributed by atoms with E-state index >= 15 is 0 Å². The van der Waals surface area contributed by atoms with E-state index in [0.29, 0.717) is 18.3 Å². The fourth-order valence-electron chi connectivity index (χ4n) is 3.91. The van der Waals surface area contributed by atoms with Crippen LogP contribution in [0, 0.1) is 5.82 Å². The van der Waals surface area contributed by atoms with Crippen molar-refractivity contribution in [2.75, 3.05) is 24.7 Å². The number of carbonyl (C=O) groups is 1. The van der Waals surface area contributed by atoms with Gasteiger partial charge in [0, 0.05) is 12.1 Å². The van der Waals surface area contributed by atoms with Crippen LogP contribution < -0.4 is 4.90 Å². The van der Waals surface area contributed by atoms with Crippen LogP contribution >= 0.6 is 11.3 Å². The Morgan fingerprint density at radius 2 is 1.58 bits per heavy atom. The number of hydrogen-bond donors (Lipinski definition) is 1. The van der Waals surface area contributed by atoms with Crippen molar-refractivity contribution in [3.63, 3.8) is 0 Å². The van der Waals surface area contributed by atoms with Crippen molar-refractivity contribution in [3.8, 4) is 32.8 Å². The summed E-state index contributed by atoms with van der Waals surface area (Å²) < 4.78 is 18.7. The molecule has 1 aliphatic heterocycles. The molecule has 1 saturated heterocycles. The van der Waals surface area contributed by atoms with Crippen molar-refractivity contribution in [3.05, 3.63) is 84.7 Å². The lowest BCUT2D eigenvalue weighted by molar-refractivity contribution is -0.141. The van der Waals surface area contributed by atoms with Crippen LogP contribution in [0.2, 0.25) is 0 Å². The van der Waals surface area contributed by atoms with Gasteiger partial charge in [-0.1, -0.05) is 78.1 Å². The highest BCUT2D eigenvalue weighted by Gasteiger charge is 2.32. The van der Waals surface area contributed by atoms with Gasteiger partial charge in [0.2, 0.25) is 0 Å². The molecule has 0 amide bonds. The topological polar surface area (TPSA) is 62.7 Å². The van der Waals surface area contributed by atoms with Crippen molar-refractivity contribution in [2.45, 2.75) is 6.04 Å². The molecule has 0 spiro atoms. The summed E-state index contributed by atoms with van der Waals surface area (Å²) in [6, 6.07) is 23.6. The van der Waals surface area contributed by atoms with E-state index < -0.39 is 12.0 Å². The number of halogens is 1. The third-order valence-electron chi connectivity index (χ3n) is 5.65. The van der Waals surface area contributed by atoms with Gasteiger partial charge in [0.15, 0.2) is 11.2 Å². The summed E-state index contributed by atoms with van der Waals surface area (Å²) in [7, 11) is 0. The minimum atomic E-state index is -0.920. The van der Waals surface area contributed by atoms with Gasteiger partial charge in [-0.3, -0.25) is 0 Å². The molecular formula is C26H21FN2O3S. The number of aromatic nitrogens is 1. The van der Waals surface area contributed by atoms with E-state index in [2.05, 4.69) is 0 Å². The number of carboxylic acid groups (broad SMARTS) is 1. The van der Waals surface area contributed by atoms with Crippen LogP contribution in [0.15, 0.2) is 78.9 Å². The van der Waals surface area contributed by atoms with Crippen LogP contribution in [0.3, 0.4) is 0 Å². The molecule has 0 radical (unpaired) electrons. The fourth-order valence-corrected chi connectivity index (χ4v) is 5.08. The molecule has 0 bridgehead atoms. The number of carboxylic acids is 1. The van der Waals surface area contributed by atoms with E-state index in [1.54, 1.807) is 12.1 Å². The molecule has 5 nitrogen and oxygen atoms in total. The molecule has 4 aromatic rings. The van der Waals surface area contributed by atoms with Gasteiger partial charge in [-0.25, -0.2) is 14.2 Å². The zero-order valence-corrected chi connectivity index (χ0v) is 18.5. The molecule has 1 unspecified atom stereocenters. The van der Waals surface area contributed by atoms with Gasteiger partial charge in [-0.15, -0.1) is 0 Å². The number of rotatable bonds is 5. The minimum Gasteiger partial charge on any atom is -0.480 e.